The summed E-state index contributed by atoms with van der Waals surface area (Å²) in [5.74, 6) is 0.577. The molecule has 0 saturated heterocycles. The summed E-state index contributed by atoms with van der Waals surface area (Å²) in [6, 6.07) is 8.38. The number of hydrogen-bond donors (Lipinski definition) is 1. The molecule has 0 atom stereocenters. The third-order valence-corrected chi connectivity index (χ3v) is 2.82. The van der Waals surface area contributed by atoms with E-state index in [1.807, 2.05) is 31.2 Å². The number of aryl methyl sites for hydroxylation is 1. The minimum atomic E-state index is 0.403. The Morgan fingerprint density at radius 3 is 2.85 bits per heavy atom. The largest absolute Gasteiger partial charge is 0.336 e. The predicted molar refractivity (Wildman–Crippen MR) is 73.0 cm³/mol. The van der Waals surface area contributed by atoms with Gasteiger partial charge in [0.25, 0.3) is 0 Å². The van der Waals surface area contributed by atoms with Crippen LogP contribution in [0.4, 0.5) is 6.01 Å². The lowest BCUT2D eigenvalue weighted by molar-refractivity contribution is 0.430. The van der Waals surface area contributed by atoms with E-state index in [-0.39, 0.29) is 0 Å². The highest BCUT2D eigenvalue weighted by molar-refractivity contribution is 5.55. The van der Waals surface area contributed by atoms with Crippen LogP contribution in [0.15, 0.2) is 41.2 Å². The Balaban J connectivity index is 1.60. The summed E-state index contributed by atoms with van der Waals surface area (Å²) >= 11 is 0. The van der Waals surface area contributed by atoms with Crippen molar-refractivity contribution in [2.24, 2.45) is 0 Å². The number of nitrogens with one attached hydrogen (secondary N) is 1. The van der Waals surface area contributed by atoms with Gasteiger partial charge in [-0.3, -0.25) is 4.68 Å². The van der Waals surface area contributed by atoms with Crippen LogP contribution in [0.5, 0.6) is 0 Å². The Morgan fingerprint density at radius 1 is 1.25 bits per heavy atom. The number of aromatic nitrogens is 5. The van der Waals surface area contributed by atoms with Gasteiger partial charge < -0.3 is 9.84 Å². The van der Waals surface area contributed by atoms with Gasteiger partial charge in [-0.05, 0) is 6.92 Å². The zero-order valence-electron chi connectivity index (χ0n) is 11.0. The number of rotatable bonds is 5. The van der Waals surface area contributed by atoms with Gasteiger partial charge >= 0.3 is 6.01 Å². The SMILES string of the molecule is Cc1ccc(-c2noc(NCCn3ccnn3)n2)cc1. The molecule has 0 amide bonds. The van der Waals surface area contributed by atoms with Crippen molar-refractivity contribution in [2.45, 2.75) is 13.5 Å². The van der Waals surface area contributed by atoms with E-state index in [4.69, 9.17) is 4.52 Å². The molecule has 0 saturated carbocycles. The first-order valence-corrected chi connectivity index (χ1v) is 6.30. The van der Waals surface area contributed by atoms with Gasteiger partial charge in [-0.1, -0.05) is 40.2 Å². The van der Waals surface area contributed by atoms with E-state index in [1.54, 1.807) is 17.1 Å². The molecular formula is C13H14N6O. The lowest BCUT2D eigenvalue weighted by Crippen LogP contribution is -2.11. The summed E-state index contributed by atoms with van der Waals surface area (Å²) in [5, 5.41) is 14.6. The Kier molecular flexibility index (Phi) is 3.40. The molecule has 7 heteroatoms. The summed E-state index contributed by atoms with van der Waals surface area (Å²) in [6.45, 7) is 3.36. The molecule has 3 rings (SSSR count). The number of nitrogens with zero attached hydrogens (tertiary/aromatic N) is 5. The quantitative estimate of drug-likeness (QED) is 0.760. The summed E-state index contributed by atoms with van der Waals surface area (Å²) < 4.78 is 6.88. The second-order valence-corrected chi connectivity index (χ2v) is 4.38. The predicted octanol–water partition coefficient (Wildman–Crippen LogP) is 1.75. The first kappa shape index (κ1) is 12.3. The van der Waals surface area contributed by atoms with Crippen LogP contribution in [0.2, 0.25) is 0 Å². The maximum atomic E-state index is 5.15. The molecule has 0 aliphatic rings. The molecule has 1 N–H and O–H groups in total. The molecule has 102 valence electrons. The third kappa shape index (κ3) is 2.82. The molecular weight excluding hydrogens is 256 g/mol. The fraction of sp³-hybridized carbons (Fsp3) is 0.231. The van der Waals surface area contributed by atoms with Crippen LogP contribution >= 0.6 is 0 Å². The molecule has 0 spiro atoms. The van der Waals surface area contributed by atoms with Crippen molar-refractivity contribution >= 4 is 6.01 Å². The van der Waals surface area contributed by atoms with Gasteiger partial charge in [0.15, 0.2) is 0 Å². The fourth-order valence-corrected chi connectivity index (χ4v) is 1.74. The molecule has 0 unspecified atom stereocenters. The minimum absolute atomic E-state index is 0.403. The van der Waals surface area contributed by atoms with Gasteiger partial charge in [-0.25, -0.2) is 0 Å². The van der Waals surface area contributed by atoms with Gasteiger partial charge in [0, 0.05) is 18.3 Å². The van der Waals surface area contributed by atoms with Crippen LogP contribution in [0.1, 0.15) is 5.56 Å². The van der Waals surface area contributed by atoms with E-state index >= 15 is 0 Å². The molecule has 7 nitrogen and oxygen atoms in total. The molecule has 0 radical (unpaired) electrons. The van der Waals surface area contributed by atoms with Crippen LogP contribution in [-0.4, -0.2) is 31.7 Å². The summed E-state index contributed by atoms with van der Waals surface area (Å²) in [7, 11) is 0. The van der Waals surface area contributed by atoms with Gasteiger partial charge in [0.2, 0.25) is 5.82 Å². The Morgan fingerprint density at radius 2 is 2.10 bits per heavy atom. The van der Waals surface area contributed by atoms with E-state index in [2.05, 4.69) is 25.8 Å². The van der Waals surface area contributed by atoms with E-state index in [0.717, 1.165) is 5.56 Å². The van der Waals surface area contributed by atoms with Crippen molar-refractivity contribution in [2.75, 3.05) is 11.9 Å². The van der Waals surface area contributed by atoms with E-state index in [1.165, 1.54) is 5.56 Å². The molecule has 2 heterocycles. The van der Waals surface area contributed by atoms with Crippen LogP contribution in [0.3, 0.4) is 0 Å². The number of benzene rings is 1. The van der Waals surface area contributed by atoms with Crippen LogP contribution < -0.4 is 5.32 Å². The monoisotopic (exact) mass is 270 g/mol. The normalized spacial score (nSPS) is 10.7. The third-order valence-electron chi connectivity index (χ3n) is 2.82. The number of anilines is 1. The molecule has 20 heavy (non-hydrogen) atoms. The minimum Gasteiger partial charge on any atom is -0.336 e. The maximum Gasteiger partial charge on any atom is 0.321 e. The van der Waals surface area contributed by atoms with Crippen LogP contribution in [0, 0.1) is 6.92 Å². The molecule has 0 aliphatic heterocycles. The first-order valence-electron chi connectivity index (χ1n) is 6.30. The zero-order valence-corrected chi connectivity index (χ0v) is 11.0. The van der Waals surface area contributed by atoms with E-state index < -0.39 is 0 Å². The second-order valence-electron chi connectivity index (χ2n) is 4.38. The van der Waals surface area contributed by atoms with Crippen molar-refractivity contribution in [3.63, 3.8) is 0 Å². The van der Waals surface area contributed by atoms with E-state index in [0.29, 0.717) is 24.9 Å². The van der Waals surface area contributed by atoms with Crippen LogP contribution in [-0.2, 0) is 6.54 Å². The van der Waals surface area contributed by atoms with Gasteiger partial charge in [0.05, 0.1) is 12.7 Å². The highest BCUT2D eigenvalue weighted by atomic mass is 16.5. The van der Waals surface area contributed by atoms with Gasteiger partial charge in [-0.15, -0.1) is 5.10 Å². The average molecular weight is 270 g/mol. The Labute approximate surface area is 115 Å². The molecule has 0 bridgehead atoms. The summed E-state index contributed by atoms with van der Waals surface area (Å²) in [6.07, 6.45) is 3.44. The van der Waals surface area contributed by atoms with Crippen LogP contribution in [0.25, 0.3) is 11.4 Å². The van der Waals surface area contributed by atoms with Crippen molar-refractivity contribution in [1.29, 1.82) is 0 Å². The lowest BCUT2D eigenvalue weighted by Gasteiger charge is -1.99. The molecule has 0 aliphatic carbocycles. The Bertz CT molecular complexity index is 658. The Hall–Kier alpha value is -2.70. The highest BCUT2D eigenvalue weighted by Crippen LogP contribution is 2.17. The second kappa shape index (κ2) is 5.52. The standard InChI is InChI=1S/C13H14N6O/c1-10-2-4-11(5-3-10)12-16-13(20-17-12)14-6-8-19-9-7-15-18-19/h2-5,7,9H,6,8H2,1H3,(H,14,16,17). The molecule has 1 aromatic carbocycles. The first-order chi connectivity index (χ1) is 9.81. The topological polar surface area (TPSA) is 81.7 Å². The average Bonchev–Trinajstić information content (AvgIpc) is 3.11. The highest BCUT2D eigenvalue weighted by Gasteiger charge is 2.07. The number of hydrogen-bond acceptors (Lipinski definition) is 6. The van der Waals surface area contributed by atoms with E-state index in [9.17, 15) is 0 Å². The zero-order chi connectivity index (χ0) is 13.8. The van der Waals surface area contributed by atoms with Gasteiger partial charge in [-0.2, -0.15) is 4.98 Å². The maximum absolute atomic E-state index is 5.15. The van der Waals surface area contributed by atoms with Crippen molar-refractivity contribution in [1.82, 2.24) is 25.1 Å². The fourth-order valence-electron chi connectivity index (χ4n) is 1.74. The van der Waals surface area contributed by atoms with Crippen molar-refractivity contribution in [3.05, 3.63) is 42.2 Å². The smallest absolute Gasteiger partial charge is 0.321 e. The summed E-state index contributed by atoms with van der Waals surface area (Å²) in [4.78, 5) is 4.29. The summed E-state index contributed by atoms with van der Waals surface area (Å²) in [5.41, 5.74) is 2.13. The molecule has 2 aromatic heterocycles. The molecule has 3 aromatic rings. The van der Waals surface area contributed by atoms with Crippen molar-refractivity contribution < 1.29 is 4.52 Å². The van der Waals surface area contributed by atoms with Crippen molar-refractivity contribution in [3.8, 4) is 11.4 Å². The van der Waals surface area contributed by atoms with Gasteiger partial charge in [0.1, 0.15) is 0 Å². The lowest BCUT2D eigenvalue weighted by atomic mass is 10.1. The molecule has 0 fully saturated rings.